The lowest BCUT2D eigenvalue weighted by Gasteiger charge is -2.39. The molecule has 4 aromatic carbocycles. The molecule has 308 valence electrons. The zero-order valence-corrected chi connectivity index (χ0v) is 35.6. The van der Waals surface area contributed by atoms with Crippen molar-refractivity contribution in [3.8, 4) is 0 Å². The van der Waals surface area contributed by atoms with E-state index in [1.807, 2.05) is 0 Å². The number of hydrogen-bond donors (Lipinski definition) is 2. The summed E-state index contributed by atoms with van der Waals surface area (Å²) in [5.41, 5.74) is 6.91. The van der Waals surface area contributed by atoms with Crippen molar-refractivity contribution >= 4 is 78.1 Å². The van der Waals surface area contributed by atoms with E-state index in [1.165, 1.54) is 31.3 Å². The number of amides is 2. The van der Waals surface area contributed by atoms with Crippen LogP contribution in [0.15, 0.2) is 84.9 Å². The summed E-state index contributed by atoms with van der Waals surface area (Å²) in [6.07, 6.45) is 5.37. The highest BCUT2D eigenvalue weighted by molar-refractivity contribution is 7.14. The quantitative estimate of drug-likeness (QED) is 0.151. The number of fused-ring (bicyclic) bond motifs is 4. The van der Waals surface area contributed by atoms with Gasteiger partial charge in [0.2, 0.25) is 11.8 Å². The van der Waals surface area contributed by atoms with Gasteiger partial charge in [0.15, 0.2) is 0 Å². The average Bonchev–Trinajstić information content (AvgIpc) is 4.06. The number of benzene rings is 4. The number of carbonyl (C=O) groups is 2. The molecular weight excluding hydrogens is 777 g/mol. The highest BCUT2D eigenvalue weighted by Gasteiger charge is 2.28. The van der Waals surface area contributed by atoms with Crippen molar-refractivity contribution in [1.29, 1.82) is 0 Å². The van der Waals surface area contributed by atoms with Gasteiger partial charge in [-0.25, -0.2) is 0 Å². The monoisotopic (exact) mass is 830 g/mol. The molecule has 11 nitrogen and oxygen atoms in total. The van der Waals surface area contributed by atoms with Gasteiger partial charge in [0.05, 0.1) is 22.2 Å². The number of anilines is 4. The number of nitrogens with zero attached hydrogens (tertiary/aromatic N) is 6. The topological polar surface area (TPSA) is 128 Å². The normalized spacial score (nSPS) is 17.8. The number of hydrogen-bond acceptors (Lipinski definition) is 10. The molecule has 4 aliphatic heterocycles. The lowest BCUT2D eigenvalue weighted by molar-refractivity contribution is -0.115. The molecule has 0 bridgehead atoms. The fourth-order valence-corrected chi connectivity index (χ4v) is 10.8. The van der Waals surface area contributed by atoms with Crippen molar-refractivity contribution < 1.29 is 15.1 Å². The Kier molecular flexibility index (Phi) is 12.6. The van der Waals surface area contributed by atoms with Gasteiger partial charge in [-0.1, -0.05) is 62.4 Å². The highest BCUT2D eigenvalue weighted by atomic mass is 32.1. The molecule has 0 aliphatic carbocycles. The second kappa shape index (κ2) is 18.1. The fourth-order valence-electron chi connectivity index (χ4n) is 9.23. The van der Waals surface area contributed by atoms with Crippen LogP contribution in [0.2, 0.25) is 0 Å². The van der Waals surface area contributed by atoms with Crippen LogP contribution in [0.5, 0.6) is 0 Å². The lowest BCUT2D eigenvalue weighted by Crippen LogP contribution is -2.51. The van der Waals surface area contributed by atoms with E-state index < -0.39 is 0 Å². The van der Waals surface area contributed by atoms with Gasteiger partial charge in [-0.05, 0) is 107 Å². The highest BCUT2D eigenvalue weighted by Crippen LogP contribution is 2.33. The molecule has 2 atom stereocenters. The third-order valence-electron chi connectivity index (χ3n) is 12.5. The van der Waals surface area contributed by atoms with Crippen molar-refractivity contribution in [2.24, 2.45) is 0 Å². The number of carbonyl (C=O) groups excluding carboxylic acids is 2. The maximum atomic E-state index is 11.6. The Morgan fingerprint density at radius 3 is 1.39 bits per heavy atom. The standard InChI is InChI=1S/2C23H26N4OS.H2O/c2*1-2-18(14-16-7-8-20-17(13-16)15-22(28)24-20)26-9-11-27(12-10-26)23-19-5-3-4-6-21(19)29-25-23;/h2*3-8,13,18H,2,9-12,14-15H2,1H3,(H,24,28);1H2. The molecule has 2 unspecified atom stereocenters. The van der Waals surface area contributed by atoms with Crippen molar-refractivity contribution in [1.82, 2.24) is 18.5 Å². The number of nitrogens with one attached hydrogen (secondary N) is 2. The minimum absolute atomic E-state index is 0. The Morgan fingerprint density at radius 2 is 0.983 bits per heavy atom. The predicted molar refractivity (Wildman–Crippen MR) is 244 cm³/mol. The van der Waals surface area contributed by atoms with Gasteiger partial charge >= 0.3 is 0 Å². The smallest absolute Gasteiger partial charge is 0.228 e. The van der Waals surface area contributed by atoms with E-state index in [0.29, 0.717) is 24.9 Å². The molecule has 4 N–H and O–H groups in total. The van der Waals surface area contributed by atoms with E-state index in [4.69, 9.17) is 8.75 Å². The summed E-state index contributed by atoms with van der Waals surface area (Å²) >= 11 is 3.19. The number of piperazine rings is 2. The summed E-state index contributed by atoms with van der Waals surface area (Å²) in [5, 5.41) is 8.41. The fraction of sp³-hybridized carbons (Fsp3) is 0.391. The summed E-state index contributed by atoms with van der Waals surface area (Å²) < 4.78 is 12.0. The maximum Gasteiger partial charge on any atom is 0.228 e. The van der Waals surface area contributed by atoms with Crippen LogP contribution < -0.4 is 20.4 Å². The molecule has 59 heavy (non-hydrogen) atoms. The first kappa shape index (κ1) is 40.8. The van der Waals surface area contributed by atoms with Crippen molar-refractivity contribution in [3.63, 3.8) is 0 Å². The molecule has 13 heteroatoms. The van der Waals surface area contributed by atoms with Crippen LogP contribution in [0.4, 0.5) is 23.0 Å². The SMILES string of the molecule is CCC(Cc1ccc2c(c1)CC(=O)N2)N1CCN(c2nsc3ccccc23)CC1.CCC(Cc1ccc2c(c1)CC(=O)N2)N1CCN(c2nsc3ccccc23)CC1.O. The summed E-state index contributed by atoms with van der Waals surface area (Å²) in [7, 11) is 0. The minimum atomic E-state index is 0. The molecule has 2 amide bonds. The molecule has 6 heterocycles. The molecule has 0 saturated carbocycles. The molecular formula is C46H54N8O3S2. The maximum absolute atomic E-state index is 11.6. The Hall–Kier alpha value is -4.92. The predicted octanol–water partition coefficient (Wildman–Crippen LogP) is 7.04. The van der Waals surface area contributed by atoms with Gasteiger partial charge < -0.3 is 25.9 Å². The molecule has 6 aromatic rings. The summed E-state index contributed by atoms with van der Waals surface area (Å²) in [6.45, 7) is 12.9. The van der Waals surface area contributed by atoms with Crippen molar-refractivity contribution in [3.05, 3.63) is 107 Å². The van der Waals surface area contributed by atoms with E-state index in [0.717, 1.165) is 112 Å². The Bertz CT molecular complexity index is 2250. The van der Waals surface area contributed by atoms with Gasteiger partial charge in [0.25, 0.3) is 0 Å². The van der Waals surface area contributed by atoms with E-state index in [9.17, 15) is 9.59 Å². The van der Waals surface area contributed by atoms with Gasteiger partial charge in [0.1, 0.15) is 11.6 Å². The van der Waals surface area contributed by atoms with Gasteiger partial charge in [0, 0.05) is 86.6 Å². The van der Waals surface area contributed by atoms with E-state index in [2.05, 4.69) is 129 Å². The summed E-state index contributed by atoms with van der Waals surface area (Å²) in [4.78, 5) is 33.4. The van der Waals surface area contributed by atoms with Crippen LogP contribution in [0.25, 0.3) is 20.2 Å². The third-order valence-corrected chi connectivity index (χ3v) is 14.1. The van der Waals surface area contributed by atoms with Gasteiger partial charge in [-0.2, -0.15) is 8.75 Å². The van der Waals surface area contributed by atoms with Crippen LogP contribution >= 0.6 is 23.1 Å². The second-order valence-electron chi connectivity index (χ2n) is 16.0. The number of rotatable bonds is 10. The van der Waals surface area contributed by atoms with E-state index in [-0.39, 0.29) is 17.3 Å². The van der Waals surface area contributed by atoms with Crippen LogP contribution in [0.1, 0.15) is 48.9 Å². The molecule has 10 rings (SSSR count). The van der Waals surface area contributed by atoms with Crippen LogP contribution in [0, 0.1) is 0 Å². The summed E-state index contributed by atoms with van der Waals surface area (Å²) in [6, 6.07) is 31.0. The third kappa shape index (κ3) is 8.85. The first-order chi connectivity index (χ1) is 28.4. The molecule has 4 aliphatic rings. The van der Waals surface area contributed by atoms with Crippen LogP contribution in [-0.2, 0) is 35.3 Å². The van der Waals surface area contributed by atoms with Gasteiger partial charge in [-0.3, -0.25) is 19.4 Å². The van der Waals surface area contributed by atoms with E-state index in [1.54, 1.807) is 23.1 Å². The Labute approximate surface area is 354 Å². The zero-order chi connectivity index (χ0) is 39.6. The summed E-state index contributed by atoms with van der Waals surface area (Å²) in [5.74, 6) is 2.51. The largest absolute Gasteiger partial charge is 0.412 e. The minimum Gasteiger partial charge on any atom is -0.412 e. The molecule has 2 fully saturated rings. The van der Waals surface area contributed by atoms with Gasteiger partial charge in [-0.15, -0.1) is 0 Å². The molecule has 0 radical (unpaired) electrons. The van der Waals surface area contributed by atoms with Crippen LogP contribution in [0.3, 0.4) is 0 Å². The zero-order valence-electron chi connectivity index (χ0n) is 34.0. The van der Waals surface area contributed by atoms with Crippen LogP contribution in [-0.4, -0.2) is 100 Å². The Morgan fingerprint density at radius 1 is 0.576 bits per heavy atom. The molecule has 0 spiro atoms. The Balaban J connectivity index is 0.000000161. The lowest BCUT2D eigenvalue weighted by atomic mass is 9.99. The second-order valence-corrected chi connectivity index (χ2v) is 17.6. The average molecular weight is 831 g/mol. The molecule has 2 aromatic heterocycles. The van der Waals surface area contributed by atoms with E-state index >= 15 is 0 Å². The van der Waals surface area contributed by atoms with Crippen molar-refractivity contribution in [2.45, 2.75) is 64.5 Å². The number of aromatic nitrogens is 2. The molecule has 2 saturated heterocycles. The first-order valence-electron chi connectivity index (χ1n) is 20.9. The van der Waals surface area contributed by atoms with Crippen molar-refractivity contribution in [2.75, 3.05) is 72.8 Å². The first-order valence-corrected chi connectivity index (χ1v) is 22.5.